The highest BCUT2D eigenvalue weighted by molar-refractivity contribution is 5.79. The molecule has 1 rings (SSSR count). The predicted molar refractivity (Wildman–Crippen MR) is 58.8 cm³/mol. The van der Waals surface area contributed by atoms with Crippen LogP contribution in [0.5, 0.6) is 5.75 Å². The van der Waals surface area contributed by atoms with Crippen molar-refractivity contribution in [2.75, 3.05) is 0 Å². The minimum Gasteiger partial charge on any atom is -0.479 e. The van der Waals surface area contributed by atoms with Crippen molar-refractivity contribution < 1.29 is 14.6 Å². The summed E-state index contributed by atoms with van der Waals surface area (Å²) in [6.07, 6.45) is -0.205. The van der Waals surface area contributed by atoms with Crippen LogP contribution in [0.4, 0.5) is 0 Å². The molecule has 1 aromatic rings. The molecule has 3 N–H and O–H groups in total. The third kappa shape index (κ3) is 2.93. The van der Waals surface area contributed by atoms with E-state index in [1.54, 1.807) is 19.1 Å². The molecule has 0 bridgehead atoms. The van der Waals surface area contributed by atoms with Crippen molar-refractivity contribution >= 4 is 5.91 Å². The lowest BCUT2D eigenvalue weighted by Crippen LogP contribution is -2.33. The maximum absolute atomic E-state index is 11.0. The van der Waals surface area contributed by atoms with Crippen LogP contribution in [0.1, 0.15) is 24.7 Å². The Kier molecular flexibility index (Phi) is 4.25. The summed E-state index contributed by atoms with van der Waals surface area (Å²) in [4.78, 5) is 15.1. The number of rotatable bonds is 5. The fourth-order valence-corrected chi connectivity index (χ4v) is 1.31. The molecule has 0 aliphatic heterocycles. The number of hydrogen-bond donors (Lipinski definition) is 2. The zero-order chi connectivity index (χ0) is 12.1. The highest BCUT2D eigenvalue weighted by Gasteiger charge is 2.16. The van der Waals surface area contributed by atoms with Gasteiger partial charge in [-0.3, -0.25) is 9.78 Å². The standard InChI is InChI=1S/C11H16N2O3/c1-3-9(11(12)15)16-10-5-4-7(2)13-8(10)6-14/h4-5,9,14H,3,6H2,1-2H3,(H2,12,15). The molecule has 1 heterocycles. The van der Waals surface area contributed by atoms with Gasteiger partial charge in [-0.05, 0) is 25.5 Å². The lowest BCUT2D eigenvalue weighted by Gasteiger charge is -2.16. The first-order valence-electron chi connectivity index (χ1n) is 5.11. The summed E-state index contributed by atoms with van der Waals surface area (Å²) in [6.45, 7) is 3.39. The number of amides is 1. The van der Waals surface area contributed by atoms with Gasteiger partial charge in [-0.1, -0.05) is 6.92 Å². The van der Waals surface area contributed by atoms with Crippen molar-refractivity contribution in [2.45, 2.75) is 33.0 Å². The van der Waals surface area contributed by atoms with Crippen LogP contribution >= 0.6 is 0 Å². The number of aromatic nitrogens is 1. The Bertz CT molecular complexity index is 379. The van der Waals surface area contributed by atoms with Crippen LogP contribution < -0.4 is 10.5 Å². The van der Waals surface area contributed by atoms with Gasteiger partial charge in [-0.2, -0.15) is 0 Å². The molecule has 88 valence electrons. The molecule has 5 nitrogen and oxygen atoms in total. The summed E-state index contributed by atoms with van der Waals surface area (Å²) >= 11 is 0. The number of hydrogen-bond acceptors (Lipinski definition) is 4. The maximum Gasteiger partial charge on any atom is 0.258 e. The first-order valence-corrected chi connectivity index (χ1v) is 5.11. The Hall–Kier alpha value is -1.62. The lowest BCUT2D eigenvalue weighted by atomic mass is 10.2. The van der Waals surface area contributed by atoms with E-state index in [2.05, 4.69) is 4.98 Å². The number of nitrogens with two attached hydrogens (primary N) is 1. The van der Waals surface area contributed by atoms with Gasteiger partial charge in [-0.15, -0.1) is 0 Å². The van der Waals surface area contributed by atoms with Crippen LogP contribution in [0.25, 0.3) is 0 Å². The van der Waals surface area contributed by atoms with E-state index < -0.39 is 12.0 Å². The molecule has 1 amide bonds. The SMILES string of the molecule is CCC(Oc1ccc(C)nc1CO)C(N)=O. The Morgan fingerprint density at radius 2 is 2.31 bits per heavy atom. The van der Waals surface area contributed by atoms with Crippen molar-refractivity contribution in [1.82, 2.24) is 4.98 Å². The number of ether oxygens (including phenoxy) is 1. The van der Waals surface area contributed by atoms with E-state index in [0.29, 0.717) is 17.9 Å². The minimum atomic E-state index is -0.685. The number of aryl methyl sites for hydroxylation is 1. The Morgan fingerprint density at radius 1 is 1.62 bits per heavy atom. The number of carbonyl (C=O) groups is 1. The van der Waals surface area contributed by atoms with Gasteiger partial charge in [0.25, 0.3) is 5.91 Å². The highest BCUT2D eigenvalue weighted by Crippen LogP contribution is 2.19. The molecule has 5 heteroatoms. The topological polar surface area (TPSA) is 85.4 Å². The summed E-state index contributed by atoms with van der Waals surface area (Å²) in [5, 5.41) is 9.11. The van der Waals surface area contributed by atoms with Crippen molar-refractivity contribution in [3.05, 3.63) is 23.5 Å². The van der Waals surface area contributed by atoms with Gasteiger partial charge in [0.2, 0.25) is 0 Å². The van der Waals surface area contributed by atoms with E-state index in [1.165, 1.54) is 0 Å². The van der Waals surface area contributed by atoms with Gasteiger partial charge in [-0.25, -0.2) is 0 Å². The van der Waals surface area contributed by atoms with Crippen LogP contribution in [-0.2, 0) is 11.4 Å². The van der Waals surface area contributed by atoms with Crippen LogP contribution in [-0.4, -0.2) is 22.1 Å². The van der Waals surface area contributed by atoms with Crippen LogP contribution in [0.3, 0.4) is 0 Å². The highest BCUT2D eigenvalue weighted by atomic mass is 16.5. The van der Waals surface area contributed by atoms with E-state index in [4.69, 9.17) is 15.6 Å². The number of primary amides is 1. The van der Waals surface area contributed by atoms with E-state index in [9.17, 15) is 4.79 Å². The molecular weight excluding hydrogens is 208 g/mol. The molecule has 1 aromatic heterocycles. The van der Waals surface area contributed by atoms with E-state index in [1.807, 2.05) is 6.92 Å². The first-order chi connectivity index (χ1) is 7.58. The molecule has 0 saturated carbocycles. The van der Waals surface area contributed by atoms with Crippen LogP contribution in [0.15, 0.2) is 12.1 Å². The monoisotopic (exact) mass is 224 g/mol. The summed E-state index contributed by atoms with van der Waals surface area (Å²) in [5.41, 5.74) is 6.37. The van der Waals surface area contributed by atoms with Gasteiger partial charge >= 0.3 is 0 Å². The fraction of sp³-hybridized carbons (Fsp3) is 0.455. The molecule has 0 saturated heterocycles. The predicted octanol–water partition coefficient (Wildman–Crippen LogP) is 0.525. The smallest absolute Gasteiger partial charge is 0.258 e. The Labute approximate surface area is 94.2 Å². The van der Waals surface area contributed by atoms with Gasteiger partial charge in [0.05, 0.1) is 6.61 Å². The van der Waals surface area contributed by atoms with Gasteiger partial charge in [0.15, 0.2) is 6.10 Å². The molecule has 0 aromatic carbocycles. The van der Waals surface area contributed by atoms with Gasteiger partial charge < -0.3 is 15.6 Å². The second-order valence-corrected chi connectivity index (χ2v) is 3.47. The van der Waals surface area contributed by atoms with Crippen molar-refractivity contribution in [3.63, 3.8) is 0 Å². The zero-order valence-corrected chi connectivity index (χ0v) is 9.43. The third-order valence-electron chi connectivity index (χ3n) is 2.18. The number of aliphatic hydroxyl groups excluding tert-OH is 1. The summed E-state index contributed by atoms with van der Waals surface area (Å²) in [5.74, 6) is -0.120. The molecule has 1 unspecified atom stereocenters. The van der Waals surface area contributed by atoms with E-state index >= 15 is 0 Å². The van der Waals surface area contributed by atoms with E-state index in [-0.39, 0.29) is 6.61 Å². The number of nitrogens with zero attached hydrogens (tertiary/aromatic N) is 1. The maximum atomic E-state index is 11.0. The Morgan fingerprint density at radius 3 is 2.81 bits per heavy atom. The third-order valence-corrected chi connectivity index (χ3v) is 2.18. The average Bonchev–Trinajstić information content (AvgIpc) is 2.26. The molecule has 1 atom stereocenters. The van der Waals surface area contributed by atoms with E-state index in [0.717, 1.165) is 5.69 Å². The normalized spacial score (nSPS) is 12.2. The van der Waals surface area contributed by atoms with Crippen molar-refractivity contribution in [3.8, 4) is 5.75 Å². The summed E-state index contributed by atoms with van der Waals surface area (Å²) < 4.78 is 5.41. The largest absolute Gasteiger partial charge is 0.479 e. The first kappa shape index (κ1) is 12.4. The van der Waals surface area contributed by atoms with Crippen molar-refractivity contribution in [1.29, 1.82) is 0 Å². The molecule has 0 spiro atoms. The second-order valence-electron chi connectivity index (χ2n) is 3.47. The minimum absolute atomic E-state index is 0.230. The number of aliphatic hydroxyl groups is 1. The molecule has 0 aliphatic rings. The quantitative estimate of drug-likeness (QED) is 0.763. The summed E-state index contributed by atoms with van der Waals surface area (Å²) in [7, 11) is 0. The molecule has 0 fully saturated rings. The lowest BCUT2D eigenvalue weighted by molar-refractivity contribution is -0.124. The van der Waals surface area contributed by atoms with Crippen LogP contribution in [0.2, 0.25) is 0 Å². The van der Waals surface area contributed by atoms with Gasteiger partial charge in [0, 0.05) is 5.69 Å². The number of pyridine rings is 1. The second kappa shape index (κ2) is 5.46. The molecular formula is C11H16N2O3. The average molecular weight is 224 g/mol. The van der Waals surface area contributed by atoms with Crippen molar-refractivity contribution in [2.24, 2.45) is 5.73 Å². The molecule has 0 radical (unpaired) electrons. The fourth-order valence-electron chi connectivity index (χ4n) is 1.31. The summed E-state index contributed by atoms with van der Waals surface area (Å²) in [6, 6.07) is 3.43. The Balaban J connectivity index is 2.91. The number of carbonyl (C=O) groups excluding carboxylic acids is 1. The van der Waals surface area contributed by atoms with Crippen LogP contribution in [0, 0.1) is 6.92 Å². The molecule has 0 aliphatic carbocycles. The van der Waals surface area contributed by atoms with Gasteiger partial charge in [0.1, 0.15) is 11.4 Å². The molecule has 16 heavy (non-hydrogen) atoms. The zero-order valence-electron chi connectivity index (χ0n) is 9.43.